The van der Waals surface area contributed by atoms with E-state index in [4.69, 9.17) is 11.6 Å². The molecule has 1 aliphatic heterocycles. The molecule has 0 spiro atoms. The van der Waals surface area contributed by atoms with Gasteiger partial charge in [-0.3, -0.25) is 4.79 Å². The third-order valence-corrected chi connectivity index (χ3v) is 9.15. The minimum absolute atomic E-state index is 0.0183. The Bertz CT molecular complexity index is 976. The first kappa shape index (κ1) is 24.5. The molecule has 9 heteroatoms. The fraction of sp³-hybridized carbons (Fsp3) is 0.409. The van der Waals surface area contributed by atoms with Crippen molar-refractivity contribution in [2.24, 2.45) is 5.92 Å². The summed E-state index contributed by atoms with van der Waals surface area (Å²) in [4.78, 5) is 13.8. The van der Waals surface area contributed by atoms with Crippen molar-refractivity contribution >= 4 is 51.1 Å². The SMILES string of the molecule is CSc1ccc(S(=O)(=O)N2CCC(C(=O)NCCSCc3cccc(Cl)c3)CC2)cc1. The van der Waals surface area contributed by atoms with Crippen LogP contribution in [0.1, 0.15) is 18.4 Å². The molecule has 0 atom stereocenters. The van der Waals surface area contributed by atoms with Gasteiger partial charge in [-0.25, -0.2) is 8.42 Å². The number of piperidine rings is 1. The Hall–Kier alpha value is -1.19. The standard InChI is InChI=1S/C22H27ClN2O3S3/c1-29-20-5-7-21(8-6-20)31(27,28)25-12-9-18(10-13-25)22(26)24-11-14-30-16-17-3-2-4-19(23)15-17/h2-8,15,18H,9-14,16H2,1H3,(H,24,26). The predicted octanol–water partition coefficient (Wildman–Crippen LogP) is 4.51. The predicted molar refractivity (Wildman–Crippen MR) is 130 cm³/mol. The summed E-state index contributed by atoms with van der Waals surface area (Å²) in [7, 11) is -3.51. The molecule has 2 aromatic rings. The molecule has 2 aromatic carbocycles. The van der Waals surface area contributed by atoms with Gasteiger partial charge in [-0.2, -0.15) is 16.1 Å². The molecule has 168 valence electrons. The maximum absolute atomic E-state index is 12.9. The van der Waals surface area contributed by atoms with Crippen molar-refractivity contribution in [3.63, 3.8) is 0 Å². The summed E-state index contributed by atoms with van der Waals surface area (Å²) in [6.07, 6.45) is 3.05. The van der Waals surface area contributed by atoms with Crippen LogP contribution in [0.4, 0.5) is 0 Å². The first-order chi connectivity index (χ1) is 14.9. The quantitative estimate of drug-likeness (QED) is 0.407. The smallest absolute Gasteiger partial charge is 0.243 e. The number of hydrogen-bond donors (Lipinski definition) is 1. The summed E-state index contributed by atoms with van der Waals surface area (Å²) in [5.74, 6) is 1.55. The van der Waals surface area contributed by atoms with E-state index in [1.54, 1.807) is 35.7 Å². The lowest BCUT2D eigenvalue weighted by atomic mass is 9.97. The highest BCUT2D eigenvalue weighted by Gasteiger charge is 2.31. The van der Waals surface area contributed by atoms with Crippen LogP contribution in [0.25, 0.3) is 0 Å². The molecule has 1 amide bonds. The van der Waals surface area contributed by atoms with Crippen molar-refractivity contribution in [3.8, 4) is 0 Å². The van der Waals surface area contributed by atoms with E-state index in [1.807, 2.05) is 42.7 Å². The largest absolute Gasteiger partial charge is 0.355 e. The van der Waals surface area contributed by atoms with Crippen LogP contribution >= 0.6 is 35.1 Å². The first-order valence-electron chi connectivity index (χ1n) is 10.1. The zero-order valence-corrected chi connectivity index (χ0v) is 20.6. The van der Waals surface area contributed by atoms with Gasteiger partial charge in [0.25, 0.3) is 0 Å². The van der Waals surface area contributed by atoms with E-state index in [0.29, 0.717) is 37.4 Å². The lowest BCUT2D eigenvalue weighted by molar-refractivity contribution is -0.125. The average molecular weight is 499 g/mol. The van der Waals surface area contributed by atoms with Crippen LogP contribution in [0.5, 0.6) is 0 Å². The minimum Gasteiger partial charge on any atom is -0.355 e. The highest BCUT2D eigenvalue weighted by atomic mass is 35.5. The third kappa shape index (κ3) is 6.89. The summed E-state index contributed by atoms with van der Waals surface area (Å²) >= 11 is 9.31. The molecule has 31 heavy (non-hydrogen) atoms. The van der Waals surface area contributed by atoms with E-state index < -0.39 is 10.0 Å². The number of nitrogens with one attached hydrogen (secondary N) is 1. The van der Waals surface area contributed by atoms with E-state index >= 15 is 0 Å². The van der Waals surface area contributed by atoms with Gasteiger partial charge in [0.15, 0.2) is 0 Å². The van der Waals surface area contributed by atoms with Gasteiger partial charge < -0.3 is 5.32 Å². The van der Waals surface area contributed by atoms with Gasteiger partial charge in [0.05, 0.1) is 4.90 Å². The topological polar surface area (TPSA) is 66.5 Å². The summed E-state index contributed by atoms with van der Waals surface area (Å²) < 4.78 is 27.2. The molecule has 0 bridgehead atoms. The Kier molecular flexibility index (Phi) is 9.16. The molecular formula is C22H27ClN2O3S3. The van der Waals surface area contributed by atoms with Gasteiger partial charge in [0.2, 0.25) is 15.9 Å². The van der Waals surface area contributed by atoms with Gasteiger partial charge in [0.1, 0.15) is 0 Å². The number of halogens is 1. The lowest BCUT2D eigenvalue weighted by Crippen LogP contribution is -2.43. The van der Waals surface area contributed by atoms with Crippen LogP contribution in [0, 0.1) is 5.92 Å². The van der Waals surface area contributed by atoms with Gasteiger partial charge in [-0.1, -0.05) is 23.7 Å². The number of rotatable bonds is 9. The average Bonchev–Trinajstić information content (AvgIpc) is 2.79. The second-order valence-electron chi connectivity index (χ2n) is 7.33. The number of benzene rings is 2. The van der Waals surface area contributed by atoms with E-state index in [1.165, 1.54) is 9.87 Å². The zero-order chi connectivity index (χ0) is 22.3. The molecule has 1 N–H and O–H groups in total. The van der Waals surface area contributed by atoms with Gasteiger partial charge in [-0.05, 0) is 61.1 Å². The molecule has 3 rings (SSSR count). The maximum Gasteiger partial charge on any atom is 0.243 e. The molecule has 0 aromatic heterocycles. The normalized spacial score (nSPS) is 15.7. The Morgan fingerprint density at radius 3 is 2.52 bits per heavy atom. The number of thioether (sulfide) groups is 2. The van der Waals surface area contributed by atoms with Gasteiger partial charge in [0, 0.05) is 47.0 Å². The van der Waals surface area contributed by atoms with Crippen LogP contribution < -0.4 is 5.32 Å². The van der Waals surface area contributed by atoms with E-state index in [0.717, 1.165) is 21.4 Å². The number of carbonyl (C=O) groups is 1. The maximum atomic E-state index is 12.9. The highest BCUT2D eigenvalue weighted by molar-refractivity contribution is 7.98. The highest BCUT2D eigenvalue weighted by Crippen LogP contribution is 2.25. The molecule has 1 aliphatic rings. The van der Waals surface area contributed by atoms with Gasteiger partial charge >= 0.3 is 0 Å². The number of amides is 1. The van der Waals surface area contributed by atoms with Crippen molar-refractivity contribution in [2.45, 2.75) is 28.4 Å². The van der Waals surface area contributed by atoms with Crippen molar-refractivity contribution in [1.29, 1.82) is 0 Å². The van der Waals surface area contributed by atoms with Crippen LogP contribution in [-0.4, -0.2) is 50.3 Å². The fourth-order valence-corrected chi connectivity index (χ4v) is 6.36. The lowest BCUT2D eigenvalue weighted by Gasteiger charge is -2.30. The Morgan fingerprint density at radius 1 is 1.16 bits per heavy atom. The molecule has 0 saturated carbocycles. The van der Waals surface area contributed by atoms with Gasteiger partial charge in [-0.15, -0.1) is 11.8 Å². The molecule has 1 heterocycles. The number of hydrogen-bond acceptors (Lipinski definition) is 5. The summed E-state index contributed by atoms with van der Waals surface area (Å²) in [5.41, 5.74) is 1.17. The second-order valence-corrected chi connectivity index (χ2v) is 11.7. The van der Waals surface area contributed by atoms with E-state index in [9.17, 15) is 13.2 Å². The van der Waals surface area contributed by atoms with Crippen molar-refractivity contribution in [3.05, 3.63) is 59.1 Å². The second kappa shape index (κ2) is 11.6. The van der Waals surface area contributed by atoms with Crippen molar-refractivity contribution in [1.82, 2.24) is 9.62 Å². The fourth-order valence-electron chi connectivity index (χ4n) is 3.46. The minimum atomic E-state index is -3.51. The molecule has 0 radical (unpaired) electrons. The summed E-state index contributed by atoms with van der Waals surface area (Å²) in [6, 6.07) is 14.7. The number of nitrogens with zero attached hydrogens (tertiary/aromatic N) is 1. The zero-order valence-electron chi connectivity index (χ0n) is 17.4. The summed E-state index contributed by atoms with van der Waals surface area (Å²) in [6.45, 7) is 1.34. The van der Waals surface area contributed by atoms with Crippen LogP contribution in [0.2, 0.25) is 5.02 Å². The Morgan fingerprint density at radius 2 is 1.87 bits per heavy atom. The van der Waals surface area contributed by atoms with Crippen LogP contribution in [0.3, 0.4) is 0 Å². The molecular weight excluding hydrogens is 472 g/mol. The summed E-state index contributed by atoms with van der Waals surface area (Å²) in [5, 5.41) is 3.72. The first-order valence-corrected chi connectivity index (χ1v) is 14.3. The van der Waals surface area contributed by atoms with E-state index in [2.05, 4.69) is 5.32 Å². The van der Waals surface area contributed by atoms with E-state index in [-0.39, 0.29) is 11.8 Å². The monoisotopic (exact) mass is 498 g/mol. The molecule has 5 nitrogen and oxygen atoms in total. The van der Waals surface area contributed by atoms with Crippen molar-refractivity contribution in [2.75, 3.05) is 31.6 Å². The molecule has 0 aliphatic carbocycles. The Balaban J connectivity index is 1.39. The molecule has 0 unspecified atom stereocenters. The van der Waals surface area contributed by atoms with Crippen molar-refractivity contribution < 1.29 is 13.2 Å². The van der Waals surface area contributed by atoms with Crippen LogP contribution in [0.15, 0.2) is 58.3 Å². The number of carbonyl (C=O) groups excluding carboxylic acids is 1. The molecule has 1 fully saturated rings. The Labute approximate surface area is 198 Å². The number of sulfonamides is 1. The van der Waals surface area contributed by atoms with Crippen LogP contribution in [-0.2, 0) is 20.6 Å². The third-order valence-electron chi connectivity index (χ3n) is 5.23. The molecule has 1 saturated heterocycles.